The molecule has 1 unspecified atom stereocenters. The Hall–Kier alpha value is -2.40. The second-order valence-electron chi connectivity index (χ2n) is 5.44. The van der Waals surface area contributed by atoms with Crippen molar-refractivity contribution in [1.29, 1.82) is 0 Å². The van der Waals surface area contributed by atoms with E-state index in [9.17, 15) is 0 Å². The Kier molecular flexibility index (Phi) is 3.27. The van der Waals surface area contributed by atoms with E-state index in [2.05, 4.69) is 12.1 Å². The van der Waals surface area contributed by atoms with Crippen LogP contribution >= 0.6 is 0 Å². The third-order valence-corrected chi connectivity index (χ3v) is 4.07. The summed E-state index contributed by atoms with van der Waals surface area (Å²) in [5.74, 6) is 3.41. The van der Waals surface area contributed by atoms with Gasteiger partial charge in [0.15, 0.2) is 23.0 Å². The molecule has 0 aromatic heterocycles. The largest absolute Gasteiger partial charge is 0.454 e. The molecule has 5 nitrogen and oxygen atoms in total. The maximum absolute atomic E-state index is 5.98. The first kappa shape index (κ1) is 13.3. The summed E-state index contributed by atoms with van der Waals surface area (Å²) in [4.78, 5) is 0. The standard InChI is InChI=1S/C17H17NO4/c18-8-13(12-2-4-15-17(7-12)22-10-20-15)5-11-1-3-14-16(6-11)21-9-19-14/h1-4,6-7,13H,5,8-10,18H2. The summed E-state index contributed by atoms with van der Waals surface area (Å²) in [5, 5.41) is 0. The molecule has 0 aliphatic carbocycles. The summed E-state index contributed by atoms with van der Waals surface area (Å²) in [6, 6.07) is 12.1. The van der Waals surface area contributed by atoms with Gasteiger partial charge in [-0.15, -0.1) is 0 Å². The number of rotatable bonds is 4. The van der Waals surface area contributed by atoms with Crippen LogP contribution in [0.3, 0.4) is 0 Å². The molecule has 2 aliphatic heterocycles. The van der Waals surface area contributed by atoms with Gasteiger partial charge >= 0.3 is 0 Å². The summed E-state index contributed by atoms with van der Waals surface area (Å²) >= 11 is 0. The first-order valence-corrected chi connectivity index (χ1v) is 7.31. The van der Waals surface area contributed by atoms with Crippen LogP contribution in [0, 0.1) is 0 Å². The first-order valence-electron chi connectivity index (χ1n) is 7.31. The van der Waals surface area contributed by atoms with Crippen LogP contribution in [0.2, 0.25) is 0 Å². The van der Waals surface area contributed by atoms with Crippen molar-refractivity contribution in [1.82, 2.24) is 0 Å². The van der Waals surface area contributed by atoms with Crippen molar-refractivity contribution in [3.05, 3.63) is 47.5 Å². The smallest absolute Gasteiger partial charge is 0.231 e. The zero-order chi connectivity index (χ0) is 14.9. The number of hydrogen-bond acceptors (Lipinski definition) is 5. The van der Waals surface area contributed by atoms with Gasteiger partial charge in [-0.3, -0.25) is 0 Å². The number of benzene rings is 2. The van der Waals surface area contributed by atoms with E-state index in [-0.39, 0.29) is 12.7 Å². The molecule has 2 aromatic rings. The highest BCUT2D eigenvalue weighted by molar-refractivity contribution is 5.47. The summed E-state index contributed by atoms with van der Waals surface area (Å²) < 4.78 is 21.6. The molecule has 5 heteroatoms. The van der Waals surface area contributed by atoms with Crippen LogP contribution in [0.25, 0.3) is 0 Å². The van der Waals surface area contributed by atoms with Crippen LogP contribution in [0.5, 0.6) is 23.0 Å². The minimum absolute atomic E-state index is 0.217. The molecule has 0 radical (unpaired) electrons. The van der Waals surface area contributed by atoms with E-state index in [0.717, 1.165) is 35.0 Å². The van der Waals surface area contributed by atoms with Crippen molar-refractivity contribution in [3.63, 3.8) is 0 Å². The van der Waals surface area contributed by atoms with Gasteiger partial charge in [0.05, 0.1) is 0 Å². The van der Waals surface area contributed by atoms with Gasteiger partial charge < -0.3 is 24.7 Å². The second-order valence-corrected chi connectivity index (χ2v) is 5.44. The summed E-state index contributed by atoms with van der Waals surface area (Å²) in [5.41, 5.74) is 8.32. The van der Waals surface area contributed by atoms with Crippen molar-refractivity contribution in [2.45, 2.75) is 12.3 Å². The molecule has 114 valence electrons. The van der Waals surface area contributed by atoms with Gasteiger partial charge in [-0.05, 0) is 48.4 Å². The molecule has 0 saturated heterocycles. The quantitative estimate of drug-likeness (QED) is 0.939. The average molecular weight is 299 g/mol. The van der Waals surface area contributed by atoms with E-state index in [4.69, 9.17) is 24.7 Å². The van der Waals surface area contributed by atoms with Gasteiger partial charge in [-0.1, -0.05) is 12.1 Å². The Morgan fingerprint density at radius 2 is 1.45 bits per heavy atom. The van der Waals surface area contributed by atoms with Crippen LogP contribution in [-0.4, -0.2) is 20.1 Å². The fourth-order valence-corrected chi connectivity index (χ4v) is 2.86. The lowest BCUT2D eigenvalue weighted by Gasteiger charge is -2.16. The van der Waals surface area contributed by atoms with Crippen molar-refractivity contribution < 1.29 is 18.9 Å². The molecular formula is C17H17NO4. The van der Waals surface area contributed by atoms with Crippen LogP contribution in [-0.2, 0) is 6.42 Å². The van der Waals surface area contributed by atoms with Crippen molar-refractivity contribution in [3.8, 4) is 23.0 Å². The number of hydrogen-bond donors (Lipinski definition) is 1. The van der Waals surface area contributed by atoms with Crippen LogP contribution in [0.15, 0.2) is 36.4 Å². The van der Waals surface area contributed by atoms with Gasteiger partial charge in [-0.2, -0.15) is 0 Å². The summed E-state index contributed by atoms with van der Waals surface area (Å²) in [6.07, 6.45) is 0.840. The third-order valence-electron chi connectivity index (χ3n) is 4.07. The number of nitrogens with two attached hydrogens (primary N) is 1. The normalized spacial score (nSPS) is 15.9. The molecule has 0 fully saturated rings. The van der Waals surface area contributed by atoms with Crippen molar-refractivity contribution in [2.75, 3.05) is 20.1 Å². The maximum Gasteiger partial charge on any atom is 0.231 e. The van der Waals surface area contributed by atoms with E-state index < -0.39 is 0 Å². The molecule has 4 rings (SSSR count). The number of ether oxygens (including phenoxy) is 4. The molecule has 0 spiro atoms. The molecule has 0 bridgehead atoms. The summed E-state index contributed by atoms with van der Waals surface area (Å²) in [6.45, 7) is 1.14. The minimum atomic E-state index is 0.217. The Bertz CT molecular complexity index is 701. The monoisotopic (exact) mass is 299 g/mol. The molecule has 0 amide bonds. The molecule has 1 atom stereocenters. The van der Waals surface area contributed by atoms with E-state index in [0.29, 0.717) is 13.3 Å². The lowest BCUT2D eigenvalue weighted by molar-refractivity contribution is 0.173. The highest BCUT2D eigenvalue weighted by atomic mass is 16.7. The molecule has 2 aliphatic rings. The predicted octanol–water partition coefficient (Wildman–Crippen LogP) is 2.43. The molecule has 2 heterocycles. The van der Waals surface area contributed by atoms with Crippen LogP contribution in [0.1, 0.15) is 17.0 Å². The average Bonchev–Trinajstić information content (AvgIpc) is 3.19. The lowest BCUT2D eigenvalue weighted by atomic mass is 9.91. The Labute approximate surface area is 128 Å². The molecule has 2 aromatic carbocycles. The first-order chi connectivity index (χ1) is 10.8. The van der Waals surface area contributed by atoms with E-state index in [1.165, 1.54) is 5.56 Å². The molecule has 2 N–H and O–H groups in total. The van der Waals surface area contributed by atoms with Gasteiger partial charge in [0.1, 0.15) is 0 Å². The third kappa shape index (κ3) is 2.33. The van der Waals surface area contributed by atoms with Gasteiger partial charge in [0.25, 0.3) is 0 Å². The SMILES string of the molecule is NCC(Cc1ccc2c(c1)OCO2)c1ccc2c(c1)OCO2. The van der Waals surface area contributed by atoms with E-state index >= 15 is 0 Å². The highest BCUT2D eigenvalue weighted by Crippen LogP contribution is 2.37. The van der Waals surface area contributed by atoms with Crippen LogP contribution < -0.4 is 24.7 Å². The zero-order valence-electron chi connectivity index (χ0n) is 12.1. The second kappa shape index (κ2) is 5.42. The van der Waals surface area contributed by atoms with Crippen molar-refractivity contribution >= 4 is 0 Å². The van der Waals surface area contributed by atoms with E-state index in [1.807, 2.05) is 24.3 Å². The van der Waals surface area contributed by atoms with Crippen molar-refractivity contribution in [2.24, 2.45) is 5.73 Å². The Morgan fingerprint density at radius 1 is 0.818 bits per heavy atom. The zero-order valence-corrected chi connectivity index (χ0v) is 12.1. The minimum Gasteiger partial charge on any atom is -0.454 e. The van der Waals surface area contributed by atoms with Gasteiger partial charge in [0.2, 0.25) is 13.6 Å². The van der Waals surface area contributed by atoms with E-state index in [1.54, 1.807) is 0 Å². The molecular weight excluding hydrogens is 282 g/mol. The summed E-state index contributed by atoms with van der Waals surface area (Å²) in [7, 11) is 0. The Morgan fingerprint density at radius 3 is 2.18 bits per heavy atom. The fourth-order valence-electron chi connectivity index (χ4n) is 2.86. The highest BCUT2D eigenvalue weighted by Gasteiger charge is 2.19. The Balaban J connectivity index is 1.57. The van der Waals surface area contributed by atoms with Gasteiger partial charge in [0, 0.05) is 5.92 Å². The van der Waals surface area contributed by atoms with Crippen LogP contribution in [0.4, 0.5) is 0 Å². The predicted molar refractivity (Wildman–Crippen MR) is 80.6 cm³/mol. The lowest BCUT2D eigenvalue weighted by Crippen LogP contribution is -2.15. The number of fused-ring (bicyclic) bond motifs is 2. The molecule has 22 heavy (non-hydrogen) atoms. The van der Waals surface area contributed by atoms with Gasteiger partial charge in [-0.25, -0.2) is 0 Å². The topological polar surface area (TPSA) is 62.9 Å². The fraction of sp³-hybridized carbons (Fsp3) is 0.294. The maximum atomic E-state index is 5.98. The molecule has 0 saturated carbocycles.